The van der Waals surface area contributed by atoms with Crippen LogP contribution in [-0.4, -0.2) is 50.4 Å². The van der Waals surface area contributed by atoms with Crippen molar-refractivity contribution in [1.82, 2.24) is 4.90 Å². The number of hydrogen-bond acceptors (Lipinski definition) is 4. The maximum absolute atomic E-state index is 12.7. The van der Waals surface area contributed by atoms with Gasteiger partial charge in [0.05, 0.1) is 34.3 Å². The summed E-state index contributed by atoms with van der Waals surface area (Å²) in [6, 6.07) is 2.37. The number of nitrogens with zero attached hydrogens (tertiary/aromatic N) is 1. The smallest absolute Gasteiger partial charge is 0.324 e. The Hall–Kier alpha value is -1.32. The second-order valence-corrected chi connectivity index (χ2v) is 8.35. The third-order valence-corrected chi connectivity index (χ3v) is 5.87. The molecule has 0 spiro atoms. The van der Waals surface area contributed by atoms with E-state index in [9.17, 15) is 26.4 Å². The van der Waals surface area contributed by atoms with Crippen LogP contribution in [-0.2, 0) is 20.8 Å². The second kappa shape index (κ2) is 6.89. The van der Waals surface area contributed by atoms with Crippen molar-refractivity contribution in [3.8, 4) is 0 Å². The summed E-state index contributed by atoms with van der Waals surface area (Å²) in [6.45, 7) is -0.146. The highest BCUT2D eigenvalue weighted by Gasteiger charge is 2.32. The Bertz CT molecular complexity index is 737. The molecule has 5 nitrogen and oxygen atoms in total. The number of alkyl halides is 3. The van der Waals surface area contributed by atoms with Crippen LogP contribution < -0.4 is 5.32 Å². The highest BCUT2D eigenvalue weighted by molar-refractivity contribution is 7.91. The van der Waals surface area contributed by atoms with E-state index < -0.39 is 27.5 Å². The fraction of sp³-hybridized carbons (Fsp3) is 0.500. The number of sulfone groups is 1. The van der Waals surface area contributed by atoms with Crippen molar-refractivity contribution in [2.45, 2.75) is 18.6 Å². The van der Waals surface area contributed by atoms with E-state index in [1.54, 1.807) is 11.9 Å². The maximum atomic E-state index is 12.7. The van der Waals surface area contributed by atoms with Gasteiger partial charge in [-0.2, -0.15) is 13.2 Å². The first-order valence-electron chi connectivity index (χ1n) is 7.05. The van der Waals surface area contributed by atoms with Crippen molar-refractivity contribution in [2.75, 3.05) is 30.4 Å². The Balaban J connectivity index is 2.02. The summed E-state index contributed by atoms with van der Waals surface area (Å²) in [5.41, 5.74) is -1.05. The molecule has 0 radical (unpaired) electrons. The van der Waals surface area contributed by atoms with Gasteiger partial charge in [-0.15, -0.1) is 0 Å². The SMILES string of the molecule is CN(CC(=O)Nc1cc(C(F)(F)F)ccc1Cl)C1CCS(=O)(=O)C1. The summed E-state index contributed by atoms with van der Waals surface area (Å²) in [6.07, 6.45) is -4.12. The van der Waals surface area contributed by atoms with Gasteiger partial charge in [-0.05, 0) is 31.7 Å². The predicted molar refractivity (Wildman–Crippen MR) is 84.8 cm³/mol. The van der Waals surface area contributed by atoms with Crippen LogP contribution in [0.1, 0.15) is 12.0 Å². The van der Waals surface area contributed by atoms with Crippen molar-refractivity contribution < 1.29 is 26.4 Å². The van der Waals surface area contributed by atoms with Crippen molar-refractivity contribution in [2.24, 2.45) is 0 Å². The van der Waals surface area contributed by atoms with E-state index in [1.165, 1.54) is 0 Å². The summed E-state index contributed by atoms with van der Waals surface area (Å²) in [5.74, 6) is -0.521. The Kier molecular flexibility index (Phi) is 5.46. The third-order valence-electron chi connectivity index (χ3n) is 3.79. The largest absolute Gasteiger partial charge is 0.416 e. The van der Waals surface area contributed by atoms with Crippen molar-refractivity contribution in [3.63, 3.8) is 0 Å². The van der Waals surface area contributed by atoms with Crippen LogP contribution in [0.2, 0.25) is 5.02 Å². The molecule has 1 N–H and O–H groups in total. The maximum Gasteiger partial charge on any atom is 0.416 e. The standard InChI is InChI=1S/C14H16ClF3N2O3S/c1-20(10-4-5-24(22,23)8-10)7-13(21)19-12-6-9(14(16,17)18)2-3-11(12)15/h2-3,6,10H,4-5,7-8H2,1H3,(H,19,21). The van der Waals surface area contributed by atoms with Crippen LogP contribution in [0.5, 0.6) is 0 Å². The fourth-order valence-electron chi connectivity index (χ4n) is 2.47. The zero-order chi connectivity index (χ0) is 18.1. The fourth-order valence-corrected chi connectivity index (χ4v) is 4.44. The van der Waals surface area contributed by atoms with Gasteiger partial charge in [0.2, 0.25) is 5.91 Å². The zero-order valence-electron chi connectivity index (χ0n) is 12.7. The average molecular weight is 385 g/mol. The number of amides is 1. The van der Waals surface area contributed by atoms with Gasteiger partial charge in [0.1, 0.15) is 0 Å². The van der Waals surface area contributed by atoms with Crippen LogP contribution in [0.3, 0.4) is 0 Å². The first-order valence-corrected chi connectivity index (χ1v) is 9.25. The van der Waals surface area contributed by atoms with Gasteiger partial charge in [-0.3, -0.25) is 9.69 Å². The summed E-state index contributed by atoms with van der Waals surface area (Å²) in [4.78, 5) is 13.6. The molecule has 1 aliphatic heterocycles. The van der Waals surface area contributed by atoms with Crippen LogP contribution >= 0.6 is 11.6 Å². The summed E-state index contributed by atoms with van der Waals surface area (Å²) in [5, 5.41) is 2.32. The van der Waals surface area contributed by atoms with Crippen molar-refractivity contribution in [3.05, 3.63) is 28.8 Å². The molecule has 1 unspecified atom stereocenters. The Labute approximate surface area is 142 Å². The number of nitrogens with one attached hydrogen (secondary N) is 1. The van der Waals surface area contributed by atoms with Crippen LogP contribution in [0.25, 0.3) is 0 Å². The predicted octanol–water partition coefficient (Wildman–Crippen LogP) is 2.42. The molecule has 1 amide bonds. The Morgan fingerprint density at radius 1 is 1.42 bits per heavy atom. The minimum Gasteiger partial charge on any atom is -0.324 e. The molecular weight excluding hydrogens is 369 g/mol. The minimum atomic E-state index is -4.54. The molecule has 1 saturated heterocycles. The highest BCUT2D eigenvalue weighted by Crippen LogP contribution is 2.33. The molecule has 134 valence electrons. The van der Waals surface area contributed by atoms with E-state index >= 15 is 0 Å². The molecular formula is C14H16ClF3N2O3S. The lowest BCUT2D eigenvalue weighted by Crippen LogP contribution is -2.38. The molecule has 1 aromatic carbocycles. The molecule has 10 heteroatoms. The topological polar surface area (TPSA) is 66.5 Å². The molecule has 24 heavy (non-hydrogen) atoms. The minimum absolute atomic E-state index is 0.0116. The number of rotatable bonds is 4. The van der Waals surface area contributed by atoms with Gasteiger partial charge in [0.25, 0.3) is 0 Å². The zero-order valence-corrected chi connectivity index (χ0v) is 14.3. The third kappa shape index (κ3) is 4.84. The van der Waals surface area contributed by atoms with Crippen LogP contribution in [0.15, 0.2) is 18.2 Å². The Morgan fingerprint density at radius 3 is 2.62 bits per heavy atom. The number of likely N-dealkylation sites (N-methyl/N-ethyl adjacent to an activating group) is 1. The van der Waals surface area contributed by atoms with Gasteiger partial charge >= 0.3 is 6.18 Å². The lowest BCUT2D eigenvalue weighted by atomic mass is 10.2. The number of carbonyl (C=O) groups is 1. The molecule has 0 aromatic heterocycles. The first kappa shape index (κ1) is 19.0. The van der Waals surface area contributed by atoms with Crippen molar-refractivity contribution in [1.29, 1.82) is 0 Å². The summed E-state index contributed by atoms with van der Waals surface area (Å²) in [7, 11) is -1.49. The number of anilines is 1. The van der Waals surface area contributed by atoms with E-state index in [0.717, 1.165) is 18.2 Å². The summed E-state index contributed by atoms with van der Waals surface area (Å²) >= 11 is 5.82. The normalized spacial score (nSPS) is 20.3. The van der Waals surface area contributed by atoms with E-state index in [4.69, 9.17) is 11.6 Å². The number of hydrogen-bond donors (Lipinski definition) is 1. The van der Waals surface area contributed by atoms with Gasteiger partial charge < -0.3 is 5.32 Å². The molecule has 0 aliphatic carbocycles. The van der Waals surface area contributed by atoms with Gasteiger partial charge in [0, 0.05) is 6.04 Å². The van der Waals surface area contributed by atoms with Gasteiger partial charge in [-0.25, -0.2) is 8.42 Å². The second-order valence-electron chi connectivity index (χ2n) is 5.71. The van der Waals surface area contributed by atoms with E-state index in [0.29, 0.717) is 6.42 Å². The number of benzene rings is 1. The molecule has 1 atom stereocenters. The molecule has 1 heterocycles. The molecule has 1 aromatic rings. The number of halogens is 4. The van der Waals surface area contributed by atoms with Gasteiger partial charge in [-0.1, -0.05) is 11.6 Å². The Morgan fingerprint density at radius 2 is 2.08 bits per heavy atom. The first-order chi connectivity index (χ1) is 11.0. The lowest BCUT2D eigenvalue weighted by Gasteiger charge is -2.22. The summed E-state index contributed by atoms with van der Waals surface area (Å²) < 4.78 is 61.0. The van der Waals surface area contributed by atoms with Crippen LogP contribution in [0.4, 0.5) is 18.9 Å². The molecule has 1 aliphatic rings. The van der Waals surface area contributed by atoms with Crippen molar-refractivity contribution >= 4 is 33.0 Å². The van der Waals surface area contributed by atoms with E-state index in [1.807, 2.05) is 0 Å². The molecule has 2 rings (SSSR count). The monoisotopic (exact) mass is 384 g/mol. The molecule has 0 bridgehead atoms. The number of carbonyl (C=O) groups excluding carboxylic acids is 1. The van der Waals surface area contributed by atoms with E-state index in [-0.39, 0.29) is 34.8 Å². The quantitative estimate of drug-likeness (QED) is 0.865. The van der Waals surface area contributed by atoms with E-state index in [2.05, 4.69) is 5.32 Å². The average Bonchev–Trinajstić information content (AvgIpc) is 2.80. The lowest BCUT2D eigenvalue weighted by molar-refractivity contribution is -0.137. The molecule has 0 saturated carbocycles. The highest BCUT2D eigenvalue weighted by atomic mass is 35.5. The van der Waals surface area contributed by atoms with Gasteiger partial charge in [0.15, 0.2) is 9.84 Å². The molecule has 1 fully saturated rings. The van der Waals surface area contributed by atoms with Crippen LogP contribution in [0, 0.1) is 0 Å².